The Morgan fingerprint density at radius 2 is 2.00 bits per heavy atom. The first-order valence-electron chi connectivity index (χ1n) is 3.20. The second-order valence-electron chi connectivity index (χ2n) is 2.31. The lowest BCUT2D eigenvalue weighted by Crippen LogP contribution is -2.48. The van der Waals surface area contributed by atoms with Gasteiger partial charge in [-0.05, 0) is 6.92 Å². The molecule has 5 nitrogen and oxygen atoms in total. The van der Waals surface area contributed by atoms with E-state index in [1.807, 2.05) is 5.32 Å². The van der Waals surface area contributed by atoms with Gasteiger partial charge in [-0.3, -0.25) is 14.9 Å². The molecule has 0 fully saturated rings. The van der Waals surface area contributed by atoms with Gasteiger partial charge in [0, 0.05) is 6.92 Å². The molecule has 4 N–H and O–H groups in total. The fourth-order valence-electron chi connectivity index (χ4n) is 0.476. The van der Waals surface area contributed by atoms with Crippen molar-refractivity contribution in [1.82, 2.24) is 5.32 Å². The highest BCUT2D eigenvalue weighted by Crippen LogP contribution is 1.87. The molecule has 11 heavy (non-hydrogen) atoms. The molecule has 2 amide bonds. The SMILES string of the molecule is CC(=O)NC(=O)C(N)C(C)O. The highest BCUT2D eigenvalue weighted by Gasteiger charge is 2.18. The number of carbonyl (C=O) groups excluding carboxylic acids is 2. The highest BCUT2D eigenvalue weighted by atomic mass is 16.3. The maximum atomic E-state index is 10.8. The van der Waals surface area contributed by atoms with Crippen LogP contribution in [-0.2, 0) is 9.59 Å². The highest BCUT2D eigenvalue weighted by molar-refractivity contribution is 5.96. The van der Waals surface area contributed by atoms with Gasteiger partial charge in [0.1, 0.15) is 6.04 Å². The average molecular weight is 160 g/mol. The number of nitrogens with one attached hydrogen (secondary N) is 1. The maximum Gasteiger partial charge on any atom is 0.246 e. The predicted molar refractivity (Wildman–Crippen MR) is 38.5 cm³/mol. The van der Waals surface area contributed by atoms with Crippen molar-refractivity contribution in [2.45, 2.75) is 26.0 Å². The zero-order valence-electron chi connectivity index (χ0n) is 6.50. The molecule has 0 bridgehead atoms. The molecule has 64 valence electrons. The van der Waals surface area contributed by atoms with Crippen molar-refractivity contribution >= 4 is 11.8 Å². The van der Waals surface area contributed by atoms with Crippen molar-refractivity contribution in [3.8, 4) is 0 Å². The number of hydrogen-bond donors (Lipinski definition) is 3. The molecule has 0 saturated carbocycles. The number of imide groups is 1. The third kappa shape index (κ3) is 3.69. The van der Waals surface area contributed by atoms with E-state index in [9.17, 15) is 9.59 Å². The van der Waals surface area contributed by atoms with Crippen LogP contribution in [-0.4, -0.2) is 29.1 Å². The third-order valence-corrected chi connectivity index (χ3v) is 1.12. The van der Waals surface area contributed by atoms with E-state index in [4.69, 9.17) is 10.8 Å². The quantitative estimate of drug-likeness (QED) is 0.451. The Bertz CT molecular complexity index is 167. The molecule has 2 unspecified atom stereocenters. The fourth-order valence-corrected chi connectivity index (χ4v) is 0.476. The van der Waals surface area contributed by atoms with Crippen molar-refractivity contribution in [1.29, 1.82) is 0 Å². The maximum absolute atomic E-state index is 10.8. The summed E-state index contributed by atoms with van der Waals surface area (Å²) in [5.41, 5.74) is 5.19. The largest absolute Gasteiger partial charge is 0.391 e. The minimum absolute atomic E-state index is 0.480. The normalized spacial score (nSPS) is 15.3. The van der Waals surface area contributed by atoms with E-state index in [0.29, 0.717) is 0 Å². The van der Waals surface area contributed by atoms with E-state index < -0.39 is 24.0 Å². The van der Waals surface area contributed by atoms with Gasteiger partial charge in [-0.25, -0.2) is 0 Å². The molecule has 0 rings (SSSR count). The van der Waals surface area contributed by atoms with Crippen LogP contribution < -0.4 is 11.1 Å². The third-order valence-electron chi connectivity index (χ3n) is 1.12. The van der Waals surface area contributed by atoms with E-state index >= 15 is 0 Å². The summed E-state index contributed by atoms with van der Waals surface area (Å²) in [6.45, 7) is 2.58. The molecular weight excluding hydrogens is 148 g/mol. The Hall–Kier alpha value is -0.940. The van der Waals surface area contributed by atoms with E-state index in [2.05, 4.69) is 0 Å². The number of aliphatic hydroxyl groups excluding tert-OH is 1. The van der Waals surface area contributed by atoms with Gasteiger partial charge in [-0.15, -0.1) is 0 Å². The standard InChI is InChI=1S/C6H12N2O3/c1-3(9)5(7)6(11)8-4(2)10/h3,5,9H,7H2,1-2H3,(H,8,10,11). The molecule has 0 radical (unpaired) electrons. The summed E-state index contributed by atoms with van der Waals surface area (Å²) in [5, 5.41) is 10.8. The molecule has 0 aliphatic carbocycles. The molecule has 0 heterocycles. The van der Waals surface area contributed by atoms with Crippen LogP contribution in [0.5, 0.6) is 0 Å². The van der Waals surface area contributed by atoms with Crippen LogP contribution in [0.15, 0.2) is 0 Å². The molecule has 2 atom stereocenters. The van der Waals surface area contributed by atoms with Crippen LogP contribution in [0.2, 0.25) is 0 Å². The van der Waals surface area contributed by atoms with E-state index in [1.54, 1.807) is 0 Å². The lowest BCUT2D eigenvalue weighted by molar-refractivity contribution is -0.131. The van der Waals surface area contributed by atoms with Crippen LogP contribution >= 0.6 is 0 Å². The second-order valence-corrected chi connectivity index (χ2v) is 2.31. The molecule has 0 aromatic rings. The zero-order chi connectivity index (χ0) is 9.02. The van der Waals surface area contributed by atoms with Gasteiger partial charge in [0.05, 0.1) is 6.10 Å². The molecule has 0 aliphatic rings. The number of carbonyl (C=O) groups is 2. The molecule has 0 aliphatic heterocycles. The molecule has 0 aromatic heterocycles. The monoisotopic (exact) mass is 160 g/mol. The smallest absolute Gasteiger partial charge is 0.246 e. The van der Waals surface area contributed by atoms with Crippen molar-refractivity contribution in [3.63, 3.8) is 0 Å². The van der Waals surface area contributed by atoms with Crippen LogP contribution in [0, 0.1) is 0 Å². The molecule has 0 aromatic carbocycles. The number of aliphatic hydroxyl groups is 1. The lowest BCUT2D eigenvalue weighted by Gasteiger charge is -2.12. The average Bonchev–Trinajstić information content (AvgIpc) is 1.84. The fraction of sp³-hybridized carbons (Fsp3) is 0.667. The Kier molecular flexibility index (Phi) is 3.70. The first-order chi connectivity index (χ1) is 4.95. The minimum Gasteiger partial charge on any atom is -0.391 e. The predicted octanol–water partition coefficient (Wildman–Crippen LogP) is -1.64. The number of hydrogen-bond acceptors (Lipinski definition) is 4. The van der Waals surface area contributed by atoms with Gasteiger partial charge in [0.15, 0.2) is 0 Å². The Morgan fingerprint density at radius 1 is 1.55 bits per heavy atom. The Labute approximate surface area is 64.6 Å². The summed E-state index contributed by atoms with van der Waals surface area (Å²) in [7, 11) is 0. The minimum atomic E-state index is -1.04. The van der Waals surface area contributed by atoms with E-state index in [0.717, 1.165) is 0 Å². The van der Waals surface area contributed by atoms with Gasteiger partial charge in [0.25, 0.3) is 0 Å². The molecule has 5 heteroatoms. The van der Waals surface area contributed by atoms with Crippen LogP contribution in [0.1, 0.15) is 13.8 Å². The Balaban J connectivity index is 3.93. The summed E-state index contributed by atoms with van der Waals surface area (Å²) in [5.74, 6) is -1.14. The first kappa shape index (κ1) is 10.1. The van der Waals surface area contributed by atoms with Crippen LogP contribution in [0.3, 0.4) is 0 Å². The van der Waals surface area contributed by atoms with Gasteiger partial charge < -0.3 is 10.8 Å². The zero-order valence-corrected chi connectivity index (χ0v) is 6.50. The summed E-state index contributed by atoms with van der Waals surface area (Å²) in [4.78, 5) is 21.1. The number of rotatable bonds is 2. The number of nitrogens with two attached hydrogens (primary N) is 1. The van der Waals surface area contributed by atoms with Gasteiger partial charge >= 0.3 is 0 Å². The number of amides is 2. The van der Waals surface area contributed by atoms with Gasteiger partial charge in [0.2, 0.25) is 11.8 Å². The topological polar surface area (TPSA) is 92.4 Å². The second kappa shape index (κ2) is 4.05. The summed E-state index contributed by atoms with van der Waals surface area (Å²) in [6.07, 6.45) is -0.950. The van der Waals surface area contributed by atoms with Gasteiger partial charge in [-0.1, -0.05) is 0 Å². The summed E-state index contributed by atoms with van der Waals surface area (Å²) in [6, 6.07) is -1.04. The molecular formula is C6H12N2O3. The molecule has 0 spiro atoms. The van der Waals surface area contributed by atoms with Crippen molar-refractivity contribution in [3.05, 3.63) is 0 Å². The lowest BCUT2D eigenvalue weighted by atomic mass is 10.2. The first-order valence-corrected chi connectivity index (χ1v) is 3.20. The Morgan fingerprint density at radius 3 is 2.27 bits per heavy atom. The van der Waals surface area contributed by atoms with E-state index in [1.165, 1.54) is 13.8 Å². The summed E-state index contributed by atoms with van der Waals surface area (Å²) >= 11 is 0. The van der Waals surface area contributed by atoms with E-state index in [-0.39, 0.29) is 0 Å². The van der Waals surface area contributed by atoms with Crippen LogP contribution in [0.25, 0.3) is 0 Å². The van der Waals surface area contributed by atoms with Crippen molar-refractivity contribution in [2.75, 3.05) is 0 Å². The van der Waals surface area contributed by atoms with Crippen molar-refractivity contribution in [2.24, 2.45) is 5.73 Å². The van der Waals surface area contributed by atoms with Crippen LogP contribution in [0.4, 0.5) is 0 Å². The van der Waals surface area contributed by atoms with Crippen molar-refractivity contribution < 1.29 is 14.7 Å². The summed E-state index contributed by atoms with van der Waals surface area (Å²) < 4.78 is 0. The van der Waals surface area contributed by atoms with Gasteiger partial charge in [-0.2, -0.15) is 0 Å². The molecule has 0 saturated heterocycles.